The van der Waals surface area contributed by atoms with Crippen molar-refractivity contribution >= 4 is 21.8 Å². The molecule has 0 bridgehead atoms. The fraction of sp³-hybridized carbons (Fsp3) is 0.250. The summed E-state index contributed by atoms with van der Waals surface area (Å²) in [6.07, 6.45) is -4.44. The molecule has 0 saturated carbocycles. The summed E-state index contributed by atoms with van der Waals surface area (Å²) in [6, 6.07) is 7.50. The van der Waals surface area contributed by atoms with Gasteiger partial charge in [-0.05, 0) is 35.9 Å². The van der Waals surface area contributed by atoms with Crippen LogP contribution in [0.15, 0.2) is 52.3 Å². The molecule has 0 radical (unpaired) electrons. The molecule has 0 spiro atoms. The molecule has 1 atom stereocenters. The first kappa shape index (κ1) is 18.2. The summed E-state index contributed by atoms with van der Waals surface area (Å²) in [5, 5.41) is 0. The van der Waals surface area contributed by atoms with Crippen LogP contribution in [0.5, 0.6) is 0 Å². The third-order valence-electron chi connectivity index (χ3n) is 3.81. The predicted molar refractivity (Wildman–Crippen MR) is 86.2 cm³/mol. The molecule has 0 fully saturated rings. The molecule has 0 saturated heterocycles. The molecule has 0 amide bonds. The average Bonchev–Trinajstić information content (AvgIpc) is 2.55. The molecule has 9 heteroatoms. The number of thioether (sulfide) groups is 1. The first-order chi connectivity index (χ1) is 11.7. The first-order valence-electron chi connectivity index (χ1n) is 7.30. The average molecular weight is 391 g/mol. The molecule has 0 aromatic heterocycles. The van der Waals surface area contributed by atoms with Gasteiger partial charge in [0.1, 0.15) is 5.82 Å². The Hall–Kier alpha value is -1.58. The van der Waals surface area contributed by atoms with Gasteiger partial charge in [0, 0.05) is 10.9 Å². The van der Waals surface area contributed by atoms with Gasteiger partial charge in [-0.1, -0.05) is 24.3 Å². The highest BCUT2D eigenvalue weighted by Crippen LogP contribution is 2.39. The zero-order valence-corrected chi connectivity index (χ0v) is 14.3. The van der Waals surface area contributed by atoms with E-state index in [4.69, 9.17) is 0 Å². The van der Waals surface area contributed by atoms with Crippen LogP contribution >= 0.6 is 11.8 Å². The topological polar surface area (TPSA) is 46.2 Å². The van der Waals surface area contributed by atoms with Crippen molar-refractivity contribution in [3.8, 4) is 0 Å². The van der Waals surface area contributed by atoms with Crippen LogP contribution in [-0.4, -0.2) is 14.2 Å². The second-order valence-electron chi connectivity index (χ2n) is 5.46. The lowest BCUT2D eigenvalue weighted by Crippen LogP contribution is -2.32. The molecule has 134 valence electrons. The van der Waals surface area contributed by atoms with Gasteiger partial charge < -0.3 is 0 Å². The maximum absolute atomic E-state index is 13.9. The summed E-state index contributed by atoms with van der Waals surface area (Å²) < 4.78 is 80.6. The zero-order chi connectivity index (χ0) is 18.2. The van der Waals surface area contributed by atoms with E-state index in [1.54, 1.807) is 6.07 Å². The van der Waals surface area contributed by atoms with Gasteiger partial charge in [-0.2, -0.15) is 13.2 Å². The SMILES string of the molecule is O=S(=O)(N[C@H]1CCSc2c(F)cccc21)c1ccccc1C(F)(F)F. The van der Waals surface area contributed by atoms with E-state index in [0.717, 1.165) is 18.2 Å². The van der Waals surface area contributed by atoms with Crippen molar-refractivity contribution in [1.82, 2.24) is 4.72 Å². The highest BCUT2D eigenvalue weighted by Gasteiger charge is 2.38. The zero-order valence-electron chi connectivity index (χ0n) is 12.7. The van der Waals surface area contributed by atoms with Crippen LogP contribution in [0, 0.1) is 5.82 Å². The van der Waals surface area contributed by atoms with Gasteiger partial charge in [0.05, 0.1) is 10.5 Å². The molecule has 1 aliphatic rings. The maximum atomic E-state index is 13.9. The Balaban J connectivity index is 1.99. The minimum absolute atomic E-state index is 0.325. The number of hydrogen-bond acceptors (Lipinski definition) is 3. The van der Waals surface area contributed by atoms with Crippen LogP contribution < -0.4 is 4.72 Å². The molecular weight excluding hydrogens is 378 g/mol. The summed E-state index contributed by atoms with van der Waals surface area (Å²) in [5.74, 6) is -0.00993. The van der Waals surface area contributed by atoms with E-state index in [2.05, 4.69) is 4.72 Å². The van der Waals surface area contributed by atoms with Crippen LogP contribution in [0.1, 0.15) is 23.6 Å². The molecule has 3 nitrogen and oxygen atoms in total. The number of rotatable bonds is 3. The van der Waals surface area contributed by atoms with Crippen molar-refractivity contribution in [1.29, 1.82) is 0 Å². The summed E-state index contributed by atoms with van der Waals surface area (Å²) in [6.45, 7) is 0. The lowest BCUT2D eigenvalue weighted by molar-refractivity contribution is -0.139. The number of benzene rings is 2. The normalized spacial score (nSPS) is 18.0. The highest BCUT2D eigenvalue weighted by molar-refractivity contribution is 7.99. The van der Waals surface area contributed by atoms with Gasteiger partial charge in [-0.3, -0.25) is 0 Å². The summed E-state index contributed by atoms with van der Waals surface area (Å²) >= 11 is 1.26. The van der Waals surface area contributed by atoms with Crippen LogP contribution in [0.4, 0.5) is 17.6 Å². The van der Waals surface area contributed by atoms with Gasteiger partial charge >= 0.3 is 6.18 Å². The van der Waals surface area contributed by atoms with Gasteiger partial charge in [0.2, 0.25) is 10.0 Å². The number of fused-ring (bicyclic) bond motifs is 1. The van der Waals surface area contributed by atoms with Crippen LogP contribution in [0.25, 0.3) is 0 Å². The van der Waals surface area contributed by atoms with E-state index in [9.17, 15) is 26.0 Å². The third-order valence-corrected chi connectivity index (χ3v) is 6.49. The summed E-state index contributed by atoms with van der Waals surface area (Å²) in [7, 11) is -4.43. The van der Waals surface area contributed by atoms with E-state index in [1.807, 2.05) is 0 Å². The quantitative estimate of drug-likeness (QED) is 0.791. The standard InChI is InChI=1S/C16H13F4NO2S2/c17-12-6-3-4-10-13(8-9-24-15(10)12)21-25(22,23)14-7-2-1-5-11(14)16(18,19)20/h1-7,13,21H,8-9H2/t13-/m0/s1. The summed E-state index contributed by atoms with van der Waals surface area (Å²) in [4.78, 5) is -0.510. The molecule has 1 aliphatic heterocycles. The molecule has 1 heterocycles. The predicted octanol–water partition coefficient (Wildman–Crippen LogP) is 4.36. The molecule has 0 unspecified atom stereocenters. The van der Waals surface area contributed by atoms with E-state index in [-0.39, 0.29) is 0 Å². The van der Waals surface area contributed by atoms with Crippen molar-refractivity contribution in [2.75, 3.05) is 5.75 Å². The second-order valence-corrected chi connectivity index (χ2v) is 8.25. The molecule has 25 heavy (non-hydrogen) atoms. The number of halogens is 4. The number of alkyl halides is 3. The Labute approximate surface area is 146 Å². The number of nitrogens with one attached hydrogen (secondary N) is 1. The van der Waals surface area contributed by atoms with Crippen LogP contribution in [0.2, 0.25) is 0 Å². The highest BCUT2D eigenvalue weighted by atomic mass is 32.2. The van der Waals surface area contributed by atoms with Crippen LogP contribution in [-0.2, 0) is 16.2 Å². The molecule has 1 N–H and O–H groups in total. The largest absolute Gasteiger partial charge is 0.417 e. The Morgan fingerprint density at radius 1 is 1.08 bits per heavy atom. The maximum Gasteiger partial charge on any atom is 0.417 e. The minimum atomic E-state index is -4.79. The third kappa shape index (κ3) is 3.68. The molecule has 0 aliphatic carbocycles. The molecular formula is C16H13F4NO2S2. The van der Waals surface area contributed by atoms with Gasteiger partial charge in [0.25, 0.3) is 0 Å². The Morgan fingerprint density at radius 3 is 2.52 bits per heavy atom. The van der Waals surface area contributed by atoms with E-state index in [1.165, 1.54) is 30.0 Å². The van der Waals surface area contributed by atoms with Crippen molar-refractivity contribution in [3.63, 3.8) is 0 Å². The fourth-order valence-electron chi connectivity index (χ4n) is 2.69. The minimum Gasteiger partial charge on any atom is -0.207 e. The van der Waals surface area contributed by atoms with E-state index < -0.39 is 38.5 Å². The second kappa shape index (κ2) is 6.62. The number of sulfonamides is 1. The fourth-order valence-corrected chi connectivity index (χ4v) is 5.31. The summed E-state index contributed by atoms with van der Waals surface area (Å²) in [5.41, 5.74) is -0.795. The number of hydrogen-bond donors (Lipinski definition) is 1. The van der Waals surface area contributed by atoms with Crippen molar-refractivity contribution in [3.05, 3.63) is 59.4 Å². The van der Waals surface area contributed by atoms with Gasteiger partial charge in [-0.25, -0.2) is 17.5 Å². The van der Waals surface area contributed by atoms with Gasteiger partial charge in [-0.15, -0.1) is 11.8 Å². The Bertz CT molecular complexity index is 897. The lowest BCUT2D eigenvalue weighted by Gasteiger charge is -2.26. The van der Waals surface area contributed by atoms with E-state index in [0.29, 0.717) is 22.6 Å². The van der Waals surface area contributed by atoms with Crippen LogP contribution in [0.3, 0.4) is 0 Å². The molecule has 2 aromatic carbocycles. The van der Waals surface area contributed by atoms with Gasteiger partial charge in [0.15, 0.2) is 0 Å². The lowest BCUT2D eigenvalue weighted by atomic mass is 10.0. The molecule has 3 rings (SSSR count). The first-order valence-corrected chi connectivity index (χ1v) is 9.77. The van der Waals surface area contributed by atoms with E-state index >= 15 is 0 Å². The molecule has 2 aromatic rings. The van der Waals surface area contributed by atoms with Crippen molar-refractivity contribution < 1.29 is 26.0 Å². The Morgan fingerprint density at radius 2 is 1.80 bits per heavy atom. The Kier molecular flexibility index (Phi) is 4.82. The monoisotopic (exact) mass is 391 g/mol. The smallest absolute Gasteiger partial charge is 0.207 e. The van der Waals surface area contributed by atoms with Crippen molar-refractivity contribution in [2.45, 2.75) is 28.4 Å². The van der Waals surface area contributed by atoms with Crippen molar-refractivity contribution in [2.24, 2.45) is 0 Å².